The summed E-state index contributed by atoms with van der Waals surface area (Å²) in [6, 6.07) is 15.2. The highest BCUT2D eigenvalue weighted by molar-refractivity contribution is 7.89. The van der Waals surface area contributed by atoms with Gasteiger partial charge in [-0.25, -0.2) is 8.42 Å². The van der Waals surface area contributed by atoms with Gasteiger partial charge in [0, 0.05) is 32.7 Å². The highest BCUT2D eigenvalue weighted by atomic mass is 32.2. The molecule has 0 unspecified atom stereocenters. The lowest BCUT2D eigenvalue weighted by Crippen LogP contribution is -2.48. The minimum Gasteiger partial charge on any atom is -0.495 e. The Morgan fingerprint density at radius 1 is 1.00 bits per heavy atom. The van der Waals surface area contributed by atoms with E-state index >= 15 is 0 Å². The third-order valence-electron chi connectivity index (χ3n) is 4.51. The van der Waals surface area contributed by atoms with Crippen molar-refractivity contribution in [2.75, 3.05) is 33.3 Å². The predicted molar refractivity (Wildman–Crippen MR) is 98.2 cm³/mol. The molecule has 0 saturated carbocycles. The molecule has 2 aromatic carbocycles. The summed E-state index contributed by atoms with van der Waals surface area (Å²) in [5, 5.41) is 0. The number of methoxy groups -OCH3 is 1. The number of hydrogen-bond acceptors (Lipinski definition) is 4. The van der Waals surface area contributed by atoms with Crippen LogP contribution < -0.4 is 4.74 Å². The summed E-state index contributed by atoms with van der Waals surface area (Å²) >= 11 is 0. The fourth-order valence-electron chi connectivity index (χ4n) is 3.17. The van der Waals surface area contributed by atoms with Gasteiger partial charge in [-0.3, -0.25) is 4.90 Å². The first-order valence-corrected chi connectivity index (χ1v) is 9.86. The third kappa shape index (κ3) is 4.03. The summed E-state index contributed by atoms with van der Waals surface area (Å²) in [6.07, 6.45) is 0. The monoisotopic (exact) mass is 360 g/mol. The van der Waals surface area contributed by atoms with Crippen LogP contribution in [0.4, 0.5) is 0 Å². The van der Waals surface area contributed by atoms with Crippen LogP contribution in [0.1, 0.15) is 11.1 Å². The Hall–Kier alpha value is -1.89. The zero-order valence-corrected chi connectivity index (χ0v) is 15.5. The fourth-order valence-corrected chi connectivity index (χ4v) is 4.75. The Kier molecular flexibility index (Phi) is 5.42. The average molecular weight is 360 g/mol. The molecule has 0 aliphatic carbocycles. The van der Waals surface area contributed by atoms with Gasteiger partial charge in [0.05, 0.1) is 7.11 Å². The lowest BCUT2D eigenvalue weighted by atomic mass is 10.1. The number of aryl methyl sites for hydroxylation is 1. The molecule has 1 heterocycles. The molecular weight excluding hydrogens is 336 g/mol. The van der Waals surface area contributed by atoms with Gasteiger partial charge in [0.2, 0.25) is 10.0 Å². The number of rotatable bonds is 5. The van der Waals surface area contributed by atoms with Crippen molar-refractivity contribution in [2.45, 2.75) is 18.4 Å². The summed E-state index contributed by atoms with van der Waals surface area (Å²) in [5.74, 6) is 0.393. The van der Waals surface area contributed by atoms with E-state index in [0.717, 1.165) is 19.6 Å². The number of nitrogens with zero attached hydrogens (tertiary/aromatic N) is 2. The summed E-state index contributed by atoms with van der Waals surface area (Å²) in [4.78, 5) is 2.54. The van der Waals surface area contributed by atoms with Crippen LogP contribution in [0.25, 0.3) is 0 Å². The molecule has 0 amide bonds. The topological polar surface area (TPSA) is 49.9 Å². The van der Waals surface area contributed by atoms with Crippen molar-refractivity contribution in [3.63, 3.8) is 0 Å². The molecule has 3 rings (SSSR count). The first-order valence-electron chi connectivity index (χ1n) is 8.42. The van der Waals surface area contributed by atoms with Gasteiger partial charge in [0.1, 0.15) is 10.6 Å². The van der Waals surface area contributed by atoms with E-state index in [1.807, 2.05) is 0 Å². The van der Waals surface area contributed by atoms with E-state index in [-0.39, 0.29) is 4.90 Å². The van der Waals surface area contributed by atoms with Gasteiger partial charge in [-0.2, -0.15) is 4.31 Å². The van der Waals surface area contributed by atoms with E-state index in [2.05, 4.69) is 36.1 Å². The lowest BCUT2D eigenvalue weighted by molar-refractivity contribution is 0.181. The minimum atomic E-state index is -3.53. The molecule has 134 valence electrons. The fraction of sp³-hybridized carbons (Fsp3) is 0.368. The number of sulfonamides is 1. The predicted octanol–water partition coefficient (Wildman–Crippen LogP) is 2.51. The molecule has 5 nitrogen and oxygen atoms in total. The van der Waals surface area contributed by atoms with Crippen molar-refractivity contribution in [1.29, 1.82) is 0 Å². The average Bonchev–Trinajstić information content (AvgIpc) is 2.62. The van der Waals surface area contributed by atoms with E-state index in [1.54, 1.807) is 28.6 Å². The molecule has 1 fully saturated rings. The van der Waals surface area contributed by atoms with Crippen molar-refractivity contribution in [2.24, 2.45) is 0 Å². The van der Waals surface area contributed by atoms with Gasteiger partial charge in [0.25, 0.3) is 0 Å². The highest BCUT2D eigenvalue weighted by Crippen LogP contribution is 2.27. The number of benzene rings is 2. The van der Waals surface area contributed by atoms with Crippen molar-refractivity contribution < 1.29 is 13.2 Å². The second-order valence-electron chi connectivity index (χ2n) is 6.32. The second-order valence-corrected chi connectivity index (χ2v) is 8.23. The van der Waals surface area contributed by atoms with Gasteiger partial charge >= 0.3 is 0 Å². The molecule has 1 aliphatic heterocycles. The molecule has 0 radical (unpaired) electrons. The number of piperazine rings is 1. The van der Waals surface area contributed by atoms with Gasteiger partial charge in [-0.15, -0.1) is 0 Å². The maximum absolute atomic E-state index is 12.9. The molecule has 0 atom stereocenters. The summed E-state index contributed by atoms with van der Waals surface area (Å²) in [5.41, 5.74) is 2.51. The van der Waals surface area contributed by atoms with Gasteiger partial charge in [-0.05, 0) is 24.6 Å². The molecule has 1 aliphatic rings. The van der Waals surface area contributed by atoms with Crippen LogP contribution in [-0.4, -0.2) is 50.9 Å². The van der Waals surface area contributed by atoms with Gasteiger partial charge in [0.15, 0.2) is 0 Å². The number of para-hydroxylation sites is 1. The van der Waals surface area contributed by atoms with E-state index < -0.39 is 10.0 Å². The van der Waals surface area contributed by atoms with Crippen molar-refractivity contribution >= 4 is 10.0 Å². The molecule has 0 spiro atoms. The Morgan fingerprint density at radius 2 is 1.72 bits per heavy atom. The molecule has 0 aromatic heterocycles. The zero-order valence-electron chi connectivity index (χ0n) is 14.7. The molecule has 0 N–H and O–H groups in total. The molecule has 0 bridgehead atoms. The largest absolute Gasteiger partial charge is 0.495 e. The Morgan fingerprint density at radius 3 is 2.40 bits per heavy atom. The highest BCUT2D eigenvalue weighted by Gasteiger charge is 2.30. The lowest BCUT2D eigenvalue weighted by Gasteiger charge is -2.34. The van der Waals surface area contributed by atoms with E-state index in [9.17, 15) is 8.42 Å². The molecule has 6 heteroatoms. The minimum absolute atomic E-state index is 0.240. The van der Waals surface area contributed by atoms with Gasteiger partial charge < -0.3 is 4.74 Å². The third-order valence-corrected chi connectivity index (χ3v) is 6.44. The van der Waals surface area contributed by atoms with Crippen LogP contribution in [0.5, 0.6) is 5.75 Å². The number of ether oxygens (including phenoxy) is 1. The van der Waals surface area contributed by atoms with Crippen molar-refractivity contribution in [3.8, 4) is 5.75 Å². The quantitative estimate of drug-likeness (QED) is 0.822. The van der Waals surface area contributed by atoms with Crippen LogP contribution >= 0.6 is 0 Å². The van der Waals surface area contributed by atoms with Crippen LogP contribution in [0.15, 0.2) is 53.4 Å². The first-order chi connectivity index (χ1) is 12.0. The number of hydrogen-bond donors (Lipinski definition) is 0. The Bertz CT molecular complexity index is 828. The molecule has 25 heavy (non-hydrogen) atoms. The Balaban J connectivity index is 1.67. The molecule has 2 aromatic rings. The SMILES string of the molecule is COc1ccccc1S(=O)(=O)N1CCN(Cc2cccc(C)c2)CC1. The molecule has 1 saturated heterocycles. The maximum atomic E-state index is 12.9. The van der Waals surface area contributed by atoms with Crippen LogP contribution in [0.3, 0.4) is 0 Å². The first kappa shape index (κ1) is 17.9. The van der Waals surface area contributed by atoms with Crippen molar-refractivity contribution in [1.82, 2.24) is 9.21 Å². The summed E-state index contributed by atoms with van der Waals surface area (Å²) < 4.78 is 32.6. The van der Waals surface area contributed by atoms with Crippen LogP contribution in [-0.2, 0) is 16.6 Å². The second kappa shape index (κ2) is 7.56. The molecular formula is C19H24N2O3S. The van der Waals surface area contributed by atoms with Crippen LogP contribution in [0, 0.1) is 6.92 Å². The smallest absolute Gasteiger partial charge is 0.246 e. The normalized spacial score (nSPS) is 16.7. The summed E-state index contributed by atoms with van der Waals surface area (Å²) in [6.45, 7) is 5.37. The van der Waals surface area contributed by atoms with E-state index in [4.69, 9.17) is 4.74 Å². The maximum Gasteiger partial charge on any atom is 0.246 e. The van der Waals surface area contributed by atoms with E-state index in [0.29, 0.717) is 18.8 Å². The van der Waals surface area contributed by atoms with E-state index in [1.165, 1.54) is 18.2 Å². The van der Waals surface area contributed by atoms with Crippen LogP contribution in [0.2, 0.25) is 0 Å². The van der Waals surface area contributed by atoms with Gasteiger partial charge in [-0.1, -0.05) is 42.0 Å². The summed E-state index contributed by atoms with van der Waals surface area (Å²) in [7, 11) is -2.03. The van der Waals surface area contributed by atoms with Crippen molar-refractivity contribution in [3.05, 3.63) is 59.7 Å². The Labute approximate surface area is 149 Å². The standard InChI is InChI=1S/C19H24N2O3S/c1-16-6-5-7-17(14-16)15-20-10-12-21(13-11-20)25(22,23)19-9-4-3-8-18(19)24-2/h3-9,14H,10-13,15H2,1-2H3. The zero-order chi connectivity index (χ0) is 17.9.